The Hall–Kier alpha value is -0.240. The van der Waals surface area contributed by atoms with E-state index in [2.05, 4.69) is 45.0 Å². The van der Waals surface area contributed by atoms with Gasteiger partial charge in [0.2, 0.25) is 0 Å². The van der Waals surface area contributed by atoms with Crippen molar-refractivity contribution in [2.24, 2.45) is 5.92 Å². The molecule has 0 bridgehead atoms. The number of halogens is 2. The highest BCUT2D eigenvalue weighted by Crippen LogP contribution is 2.32. The summed E-state index contributed by atoms with van der Waals surface area (Å²) in [6.45, 7) is 8.03. The van der Waals surface area contributed by atoms with Crippen LogP contribution in [0.25, 0.3) is 0 Å². The SMILES string of the molecule is Cc1cccc(C(CCl)(CCl)CCOCCC(C)C)c1. The van der Waals surface area contributed by atoms with Gasteiger partial charge in [0, 0.05) is 30.4 Å². The molecule has 0 saturated heterocycles. The van der Waals surface area contributed by atoms with Gasteiger partial charge in [-0.05, 0) is 31.2 Å². The molecule has 0 saturated carbocycles. The van der Waals surface area contributed by atoms with Gasteiger partial charge in [0.25, 0.3) is 0 Å². The molecule has 0 fully saturated rings. The molecule has 0 spiro atoms. The zero-order valence-corrected chi connectivity index (χ0v) is 14.3. The zero-order valence-electron chi connectivity index (χ0n) is 12.8. The van der Waals surface area contributed by atoms with Gasteiger partial charge in [-0.2, -0.15) is 0 Å². The molecule has 1 aromatic rings. The molecule has 1 aromatic carbocycles. The van der Waals surface area contributed by atoms with Crippen LogP contribution in [0.15, 0.2) is 24.3 Å². The molecule has 0 aliphatic carbocycles. The summed E-state index contributed by atoms with van der Waals surface area (Å²) in [6.07, 6.45) is 1.96. The van der Waals surface area contributed by atoms with Crippen LogP contribution in [0.4, 0.5) is 0 Å². The molecule has 0 unspecified atom stereocenters. The van der Waals surface area contributed by atoms with Crippen LogP contribution in [0.5, 0.6) is 0 Å². The lowest BCUT2D eigenvalue weighted by Crippen LogP contribution is -2.32. The average molecular weight is 317 g/mol. The molecule has 0 atom stereocenters. The van der Waals surface area contributed by atoms with Crippen LogP contribution in [-0.2, 0) is 10.2 Å². The second-order valence-corrected chi connectivity index (χ2v) is 6.50. The lowest BCUT2D eigenvalue weighted by atomic mass is 9.81. The summed E-state index contributed by atoms with van der Waals surface area (Å²) >= 11 is 12.5. The topological polar surface area (TPSA) is 9.23 Å². The Labute approximate surface area is 133 Å². The normalized spacial score (nSPS) is 12.1. The van der Waals surface area contributed by atoms with Gasteiger partial charge in [-0.25, -0.2) is 0 Å². The van der Waals surface area contributed by atoms with Crippen LogP contribution in [0.3, 0.4) is 0 Å². The van der Waals surface area contributed by atoms with Crippen molar-refractivity contribution in [3.8, 4) is 0 Å². The van der Waals surface area contributed by atoms with E-state index < -0.39 is 0 Å². The Morgan fingerprint density at radius 2 is 1.85 bits per heavy atom. The van der Waals surface area contributed by atoms with Crippen molar-refractivity contribution in [1.29, 1.82) is 0 Å². The van der Waals surface area contributed by atoms with Gasteiger partial charge in [-0.1, -0.05) is 43.7 Å². The van der Waals surface area contributed by atoms with Gasteiger partial charge in [0.1, 0.15) is 0 Å². The van der Waals surface area contributed by atoms with E-state index in [1.54, 1.807) is 0 Å². The Morgan fingerprint density at radius 1 is 1.15 bits per heavy atom. The van der Waals surface area contributed by atoms with Gasteiger partial charge in [0.15, 0.2) is 0 Å². The van der Waals surface area contributed by atoms with Crippen molar-refractivity contribution in [1.82, 2.24) is 0 Å². The van der Waals surface area contributed by atoms with Crippen LogP contribution in [0.2, 0.25) is 0 Å². The number of hydrogen-bond donors (Lipinski definition) is 0. The highest BCUT2D eigenvalue weighted by Gasteiger charge is 2.30. The number of alkyl halides is 2. The molecule has 3 heteroatoms. The molecular formula is C17H26Cl2O. The summed E-state index contributed by atoms with van der Waals surface area (Å²) in [7, 11) is 0. The maximum atomic E-state index is 6.23. The Morgan fingerprint density at radius 3 is 2.40 bits per heavy atom. The largest absolute Gasteiger partial charge is 0.381 e. The third-order valence-corrected chi connectivity index (χ3v) is 4.73. The van der Waals surface area contributed by atoms with Crippen molar-refractivity contribution in [3.05, 3.63) is 35.4 Å². The van der Waals surface area contributed by atoms with Crippen LogP contribution in [-0.4, -0.2) is 25.0 Å². The molecule has 0 aromatic heterocycles. The molecule has 0 radical (unpaired) electrons. The first-order valence-electron chi connectivity index (χ1n) is 7.31. The van der Waals surface area contributed by atoms with E-state index in [4.69, 9.17) is 27.9 Å². The third-order valence-electron chi connectivity index (χ3n) is 3.71. The highest BCUT2D eigenvalue weighted by atomic mass is 35.5. The van der Waals surface area contributed by atoms with Crippen molar-refractivity contribution >= 4 is 23.2 Å². The summed E-state index contributed by atoms with van der Waals surface area (Å²) in [5.74, 6) is 1.72. The van der Waals surface area contributed by atoms with Gasteiger partial charge in [-0.3, -0.25) is 0 Å². The summed E-state index contributed by atoms with van der Waals surface area (Å²) in [4.78, 5) is 0. The minimum absolute atomic E-state index is 0.188. The maximum absolute atomic E-state index is 6.23. The van der Waals surface area contributed by atoms with Crippen molar-refractivity contribution < 1.29 is 4.74 Å². The molecule has 114 valence electrons. The molecule has 0 aliphatic heterocycles. The monoisotopic (exact) mass is 316 g/mol. The third kappa shape index (κ3) is 5.27. The average Bonchev–Trinajstić information content (AvgIpc) is 2.43. The lowest BCUT2D eigenvalue weighted by Gasteiger charge is -2.30. The quantitative estimate of drug-likeness (QED) is 0.451. The number of aryl methyl sites for hydroxylation is 1. The molecule has 0 amide bonds. The summed E-state index contributed by atoms with van der Waals surface area (Å²) in [6, 6.07) is 8.46. The van der Waals surface area contributed by atoms with Crippen molar-refractivity contribution in [2.45, 2.75) is 39.0 Å². The van der Waals surface area contributed by atoms with Gasteiger partial charge in [0.05, 0.1) is 0 Å². The van der Waals surface area contributed by atoms with E-state index in [1.807, 2.05) is 0 Å². The summed E-state index contributed by atoms with van der Waals surface area (Å²) < 4.78 is 5.74. The minimum atomic E-state index is -0.188. The second kappa shape index (κ2) is 8.92. The molecule has 1 rings (SSSR count). The van der Waals surface area contributed by atoms with Crippen molar-refractivity contribution in [2.75, 3.05) is 25.0 Å². The number of rotatable bonds is 9. The van der Waals surface area contributed by atoms with Gasteiger partial charge < -0.3 is 4.74 Å². The highest BCUT2D eigenvalue weighted by molar-refractivity contribution is 6.22. The predicted octanol–water partition coefficient (Wildman–Crippen LogP) is 5.16. The second-order valence-electron chi connectivity index (χ2n) is 5.96. The van der Waals surface area contributed by atoms with E-state index in [1.165, 1.54) is 11.1 Å². The Balaban J connectivity index is 2.63. The summed E-state index contributed by atoms with van der Waals surface area (Å²) in [5, 5.41) is 0. The summed E-state index contributed by atoms with van der Waals surface area (Å²) in [5.41, 5.74) is 2.27. The predicted molar refractivity (Wildman–Crippen MR) is 89.2 cm³/mol. The van der Waals surface area contributed by atoms with Crippen LogP contribution < -0.4 is 0 Å². The maximum Gasteiger partial charge on any atom is 0.0475 e. The fraction of sp³-hybridized carbons (Fsp3) is 0.647. The Bertz CT molecular complexity index is 386. The van der Waals surface area contributed by atoms with E-state index >= 15 is 0 Å². The standard InChI is InChI=1S/C17H26Cl2O/c1-14(2)7-9-20-10-8-17(12-18,13-19)16-6-4-5-15(3)11-16/h4-6,11,14H,7-10,12-13H2,1-3H3. The van der Waals surface area contributed by atoms with Gasteiger partial charge >= 0.3 is 0 Å². The van der Waals surface area contributed by atoms with E-state index in [0.29, 0.717) is 24.3 Å². The smallest absolute Gasteiger partial charge is 0.0475 e. The first kappa shape index (κ1) is 17.8. The fourth-order valence-corrected chi connectivity index (χ4v) is 2.99. The first-order chi connectivity index (χ1) is 9.54. The molecule has 0 aliphatic rings. The lowest BCUT2D eigenvalue weighted by molar-refractivity contribution is 0.109. The zero-order chi connectivity index (χ0) is 15.0. The number of ether oxygens (including phenoxy) is 1. The minimum Gasteiger partial charge on any atom is -0.381 e. The molecule has 0 heterocycles. The molecular weight excluding hydrogens is 291 g/mol. The first-order valence-corrected chi connectivity index (χ1v) is 8.38. The van der Waals surface area contributed by atoms with E-state index in [0.717, 1.165) is 19.4 Å². The number of hydrogen-bond acceptors (Lipinski definition) is 1. The van der Waals surface area contributed by atoms with Crippen LogP contribution in [0, 0.1) is 12.8 Å². The van der Waals surface area contributed by atoms with Gasteiger partial charge in [-0.15, -0.1) is 23.2 Å². The molecule has 20 heavy (non-hydrogen) atoms. The number of benzene rings is 1. The molecule has 1 nitrogen and oxygen atoms in total. The molecule has 0 N–H and O–H groups in total. The van der Waals surface area contributed by atoms with E-state index in [-0.39, 0.29) is 5.41 Å². The van der Waals surface area contributed by atoms with Crippen LogP contribution >= 0.6 is 23.2 Å². The van der Waals surface area contributed by atoms with Crippen LogP contribution in [0.1, 0.15) is 37.8 Å². The van der Waals surface area contributed by atoms with Crippen molar-refractivity contribution in [3.63, 3.8) is 0 Å². The fourth-order valence-electron chi connectivity index (χ4n) is 2.13. The Kier molecular flexibility index (Phi) is 7.94. The van der Waals surface area contributed by atoms with E-state index in [9.17, 15) is 0 Å².